The van der Waals surface area contributed by atoms with E-state index in [-0.39, 0.29) is 0 Å². The van der Waals surface area contributed by atoms with Crippen molar-refractivity contribution in [1.29, 1.82) is 0 Å². The average molecular weight is 257 g/mol. The highest BCUT2D eigenvalue weighted by atomic mass is 16.4. The number of benzene rings is 1. The molecule has 1 heterocycles. The molecule has 0 radical (unpaired) electrons. The van der Waals surface area contributed by atoms with E-state index in [1.165, 1.54) is 0 Å². The van der Waals surface area contributed by atoms with E-state index in [4.69, 9.17) is 0 Å². The Bertz CT molecular complexity index is 672. The van der Waals surface area contributed by atoms with Crippen molar-refractivity contribution in [3.63, 3.8) is 0 Å². The van der Waals surface area contributed by atoms with Gasteiger partial charge in [0, 0.05) is 5.39 Å². The van der Waals surface area contributed by atoms with Crippen molar-refractivity contribution in [3.8, 4) is 0 Å². The summed E-state index contributed by atoms with van der Waals surface area (Å²) in [7, 11) is 0. The van der Waals surface area contributed by atoms with Gasteiger partial charge < -0.3 is 5.11 Å². The fourth-order valence-electron chi connectivity index (χ4n) is 2.37. The van der Waals surface area contributed by atoms with Gasteiger partial charge in [-0.15, -0.1) is 0 Å². The second-order valence-electron chi connectivity index (χ2n) is 5.68. The summed E-state index contributed by atoms with van der Waals surface area (Å²) in [6, 6.07) is 6.14. The molecule has 0 unspecified atom stereocenters. The first-order valence-corrected chi connectivity index (χ1v) is 6.36. The zero-order valence-electron chi connectivity index (χ0n) is 12.0. The van der Waals surface area contributed by atoms with Gasteiger partial charge in [-0.25, -0.2) is 0 Å². The summed E-state index contributed by atoms with van der Waals surface area (Å²) < 4.78 is 0. The largest absolute Gasteiger partial charge is 0.481 e. The van der Waals surface area contributed by atoms with Crippen LogP contribution in [0.3, 0.4) is 0 Å². The van der Waals surface area contributed by atoms with E-state index in [9.17, 15) is 9.90 Å². The van der Waals surface area contributed by atoms with Gasteiger partial charge in [0.1, 0.15) is 5.41 Å². The number of hydrogen-bond acceptors (Lipinski definition) is 2. The van der Waals surface area contributed by atoms with Crippen LogP contribution < -0.4 is 0 Å². The molecule has 0 saturated carbocycles. The molecule has 3 heteroatoms. The molecule has 0 saturated heterocycles. The molecule has 0 aliphatic carbocycles. The van der Waals surface area contributed by atoms with Crippen molar-refractivity contribution >= 4 is 16.9 Å². The number of nitrogens with zero attached hydrogens (tertiary/aromatic N) is 1. The predicted molar refractivity (Wildman–Crippen MR) is 76.6 cm³/mol. The Balaban J connectivity index is 2.83. The Labute approximate surface area is 113 Å². The molecular weight excluding hydrogens is 238 g/mol. The number of aromatic nitrogens is 1. The number of fused-ring (bicyclic) bond motifs is 1. The van der Waals surface area contributed by atoms with Gasteiger partial charge in [0.15, 0.2) is 0 Å². The predicted octanol–water partition coefficient (Wildman–Crippen LogP) is 3.52. The zero-order chi connectivity index (χ0) is 14.4. The smallest absolute Gasteiger partial charge is 0.315 e. The topological polar surface area (TPSA) is 50.2 Å². The van der Waals surface area contributed by atoms with Crippen LogP contribution in [-0.4, -0.2) is 16.1 Å². The van der Waals surface area contributed by atoms with E-state index in [0.717, 1.165) is 27.6 Å². The Morgan fingerprint density at radius 1 is 1.11 bits per heavy atom. The van der Waals surface area contributed by atoms with Crippen LogP contribution >= 0.6 is 0 Å². The van der Waals surface area contributed by atoms with Crippen molar-refractivity contribution in [2.45, 2.75) is 40.0 Å². The fourth-order valence-corrected chi connectivity index (χ4v) is 2.37. The minimum atomic E-state index is -0.978. The molecule has 100 valence electrons. The van der Waals surface area contributed by atoms with E-state index in [1.54, 1.807) is 13.8 Å². The van der Waals surface area contributed by atoms with Gasteiger partial charge in [0.2, 0.25) is 0 Å². The molecule has 0 amide bonds. The zero-order valence-corrected chi connectivity index (χ0v) is 12.0. The molecule has 0 aliphatic rings. The number of carbonyl (C=O) groups is 1. The molecule has 19 heavy (non-hydrogen) atoms. The minimum absolute atomic E-state index is 0.640. The molecule has 1 aromatic heterocycles. The van der Waals surface area contributed by atoms with Crippen LogP contribution in [0.1, 0.15) is 36.2 Å². The summed E-state index contributed by atoms with van der Waals surface area (Å²) in [6.07, 6.45) is 0. The van der Waals surface area contributed by atoms with Crippen LogP contribution in [0.5, 0.6) is 0 Å². The van der Waals surface area contributed by atoms with E-state index < -0.39 is 11.4 Å². The number of rotatable bonds is 2. The maximum atomic E-state index is 11.4. The van der Waals surface area contributed by atoms with E-state index in [0.29, 0.717) is 5.69 Å². The first kappa shape index (κ1) is 13.5. The minimum Gasteiger partial charge on any atom is -0.481 e. The van der Waals surface area contributed by atoms with Crippen LogP contribution in [0, 0.1) is 20.8 Å². The Morgan fingerprint density at radius 2 is 1.68 bits per heavy atom. The molecule has 0 spiro atoms. The van der Waals surface area contributed by atoms with Crippen molar-refractivity contribution in [3.05, 3.63) is 40.6 Å². The van der Waals surface area contributed by atoms with E-state index >= 15 is 0 Å². The Hall–Kier alpha value is -1.90. The summed E-state index contributed by atoms with van der Waals surface area (Å²) in [6.45, 7) is 9.37. The average Bonchev–Trinajstić information content (AvgIpc) is 2.33. The maximum Gasteiger partial charge on any atom is 0.315 e. The Kier molecular flexibility index (Phi) is 3.09. The molecule has 2 rings (SSSR count). The SMILES string of the molecule is Cc1cc2c(C)ccc(C)c2nc1C(C)(C)C(=O)O. The van der Waals surface area contributed by atoms with E-state index in [1.807, 2.05) is 32.9 Å². The molecule has 1 aromatic carbocycles. The van der Waals surface area contributed by atoms with Gasteiger partial charge in [-0.3, -0.25) is 9.78 Å². The van der Waals surface area contributed by atoms with Crippen molar-refractivity contribution in [2.75, 3.05) is 0 Å². The van der Waals surface area contributed by atoms with E-state index in [2.05, 4.69) is 11.1 Å². The third kappa shape index (κ3) is 2.09. The number of pyridine rings is 1. The van der Waals surface area contributed by atoms with Crippen LogP contribution in [0.15, 0.2) is 18.2 Å². The molecule has 1 N–H and O–H groups in total. The molecular formula is C16H19NO2. The summed E-state index contributed by atoms with van der Waals surface area (Å²) in [5, 5.41) is 10.5. The first-order valence-electron chi connectivity index (χ1n) is 6.36. The number of carboxylic acids is 1. The van der Waals surface area contributed by atoms with Gasteiger partial charge in [0.25, 0.3) is 0 Å². The van der Waals surface area contributed by atoms with Crippen LogP contribution in [-0.2, 0) is 10.2 Å². The second-order valence-corrected chi connectivity index (χ2v) is 5.68. The lowest BCUT2D eigenvalue weighted by Crippen LogP contribution is -2.30. The van der Waals surface area contributed by atoms with Gasteiger partial charge >= 0.3 is 5.97 Å². The lowest BCUT2D eigenvalue weighted by molar-refractivity contribution is -0.142. The van der Waals surface area contributed by atoms with Crippen LogP contribution in [0.4, 0.5) is 0 Å². The summed E-state index contributed by atoms with van der Waals surface area (Å²) in [5.41, 5.74) is 3.72. The lowest BCUT2D eigenvalue weighted by Gasteiger charge is -2.22. The second kappa shape index (κ2) is 4.34. The summed E-state index contributed by atoms with van der Waals surface area (Å²) >= 11 is 0. The van der Waals surface area contributed by atoms with Crippen molar-refractivity contribution < 1.29 is 9.90 Å². The molecule has 3 nitrogen and oxygen atoms in total. The van der Waals surface area contributed by atoms with Crippen molar-refractivity contribution in [1.82, 2.24) is 4.98 Å². The highest BCUT2D eigenvalue weighted by Gasteiger charge is 2.33. The quantitative estimate of drug-likeness (QED) is 0.895. The molecule has 0 fully saturated rings. The third-order valence-corrected chi connectivity index (χ3v) is 3.72. The van der Waals surface area contributed by atoms with Crippen molar-refractivity contribution in [2.24, 2.45) is 0 Å². The number of hydrogen-bond donors (Lipinski definition) is 1. The summed E-state index contributed by atoms with van der Waals surface area (Å²) in [5.74, 6) is -0.854. The third-order valence-electron chi connectivity index (χ3n) is 3.72. The van der Waals surface area contributed by atoms with Gasteiger partial charge in [-0.05, 0) is 57.4 Å². The molecule has 0 aliphatic heterocycles. The molecule has 2 aromatic rings. The molecule has 0 atom stereocenters. The molecule has 0 bridgehead atoms. The fraction of sp³-hybridized carbons (Fsp3) is 0.375. The Morgan fingerprint density at radius 3 is 2.26 bits per heavy atom. The number of carboxylic acid groups (broad SMARTS) is 1. The van der Waals surface area contributed by atoms with Gasteiger partial charge in [-0.2, -0.15) is 0 Å². The highest BCUT2D eigenvalue weighted by molar-refractivity contribution is 5.87. The maximum absolute atomic E-state index is 11.4. The number of aliphatic carboxylic acids is 1. The highest BCUT2D eigenvalue weighted by Crippen LogP contribution is 2.30. The van der Waals surface area contributed by atoms with Gasteiger partial charge in [0.05, 0.1) is 11.2 Å². The number of aryl methyl sites for hydroxylation is 3. The van der Waals surface area contributed by atoms with Gasteiger partial charge in [-0.1, -0.05) is 12.1 Å². The van der Waals surface area contributed by atoms with Crippen LogP contribution in [0.25, 0.3) is 10.9 Å². The monoisotopic (exact) mass is 257 g/mol. The summed E-state index contributed by atoms with van der Waals surface area (Å²) in [4.78, 5) is 16.1. The lowest BCUT2D eigenvalue weighted by atomic mass is 9.85. The normalized spacial score (nSPS) is 11.8. The van der Waals surface area contributed by atoms with Crippen LogP contribution in [0.2, 0.25) is 0 Å². The first-order chi connectivity index (χ1) is 8.75. The standard InChI is InChI=1S/C16H19NO2/c1-9-6-7-10(2)13-12(9)8-11(3)14(17-13)16(4,5)15(18)19/h6-8H,1-5H3,(H,18,19).